The molecule has 0 fully saturated rings. The first-order valence-electron chi connectivity index (χ1n) is 8.32. The summed E-state index contributed by atoms with van der Waals surface area (Å²) in [6.07, 6.45) is 0. The van der Waals surface area contributed by atoms with Crippen LogP contribution in [-0.4, -0.2) is 42.2 Å². The molecule has 24 heavy (non-hydrogen) atoms. The maximum absolute atomic E-state index is 13.0. The molecule has 4 heteroatoms. The van der Waals surface area contributed by atoms with E-state index in [0.29, 0.717) is 19.1 Å². The summed E-state index contributed by atoms with van der Waals surface area (Å²) in [6.45, 7) is 4.32. The molecule has 0 unspecified atom stereocenters. The van der Waals surface area contributed by atoms with Gasteiger partial charge in [0.05, 0.1) is 6.61 Å². The summed E-state index contributed by atoms with van der Waals surface area (Å²) in [4.78, 5) is 4.36. The first-order valence-corrected chi connectivity index (χ1v) is 8.32. The maximum atomic E-state index is 13.0. The first kappa shape index (κ1) is 18.6. The molecule has 0 heterocycles. The Kier molecular flexibility index (Phi) is 6.91. The van der Waals surface area contributed by atoms with Crippen LogP contribution in [0.4, 0.5) is 4.39 Å². The van der Waals surface area contributed by atoms with E-state index < -0.39 is 0 Å². The average molecular weight is 330 g/mol. The van der Waals surface area contributed by atoms with Crippen LogP contribution in [0, 0.1) is 5.82 Å². The molecule has 0 radical (unpaired) electrons. The Morgan fingerprint density at radius 2 is 1.67 bits per heavy atom. The van der Waals surface area contributed by atoms with Gasteiger partial charge in [0.15, 0.2) is 0 Å². The van der Waals surface area contributed by atoms with E-state index in [1.165, 1.54) is 23.3 Å². The predicted octanol–water partition coefficient (Wildman–Crippen LogP) is 3.44. The van der Waals surface area contributed by atoms with Crippen LogP contribution in [0.3, 0.4) is 0 Å². The summed E-state index contributed by atoms with van der Waals surface area (Å²) < 4.78 is 13.0. The van der Waals surface area contributed by atoms with Crippen molar-refractivity contribution >= 4 is 0 Å². The van der Waals surface area contributed by atoms with Gasteiger partial charge in [0, 0.05) is 25.7 Å². The van der Waals surface area contributed by atoms with Crippen LogP contribution in [0.5, 0.6) is 0 Å². The Bertz CT molecular complexity index is 628. The topological polar surface area (TPSA) is 26.7 Å². The summed E-state index contributed by atoms with van der Waals surface area (Å²) in [7, 11) is 4.15. The highest BCUT2D eigenvalue weighted by Gasteiger charge is 2.11. The second kappa shape index (κ2) is 8.92. The molecule has 0 aliphatic heterocycles. The zero-order valence-corrected chi connectivity index (χ0v) is 14.7. The van der Waals surface area contributed by atoms with Crippen LogP contribution in [0.15, 0.2) is 48.5 Å². The SMILES string of the molecule is C[C@@H](c1cccc(CN(CCO)Cc2ccc(F)cc2)c1)N(C)C. The summed E-state index contributed by atoms with van der Waals surface area (Å²) in [6, 6.07) is 15.5. The molecule has 0 aliphatic carbocycles. The van der Waals surface area contributed by atoms with E-state index >= 15 is 0 Å². The normalized spacial score (nSPS) is 12.8. The molecule has 3 nitrogen and oxygen atoms in total. The predicted molar refractivity (Wildman–Crippen MR) is 96.1 cm³/mol. The van der Waals surface area contributed by atoms with Gasteiger partial charge in [-0.15, -0.1) is 0 Å². The summed E-state index contributed by atoms with van der Waals surface area (Å²) in [5.74, 6) is -0.224. The van der Waals surface area contributed by atoms with Crippen molar-refractivity contribution < 1.29 is 9.50 Å². The number of halogens is 1. The minimum absolute atomic E-state index is 0.106. The Labute approximate surface area is 144 Å². The molecule has 2 aromatic carbocycles. The molecule has 0 saturated heterocycles. The number of nitrogens with zero attached hydrogens (tertiary/aromatic N) is 2. The van der Waals surface area contributed by atoms with Gasteiger partial charge in [-0.1, -0.05) is 36.4 Å². The molecule has 0 bridgehead atoms. The fraction of sp³-hybridized carbons (Fsp3) is 0.400. The van der Waals surface area contributed by atoms with Crippen molar-refractivity contribution in [3.8, 4) is 0 Å². The number of hydrogen-bond donors (Lipinski definition) is 1. The zero-order chi connectivity index (χ0) is 17.5. The number of hydrogen-bond acceptors (Lipinski definition) is 3. The zero-order valence-electron chi connectivity index (χ0n) is 14.7. The van der Waals surface area contributed by atoms with E-state index in [1.54, 1.807) is 12.1 Å². The van der Waals surface area contributed by atoms with Crippen LogP contribution >= 0.6 is 0 Å². The van der Waals surface area contributed by atoms with Crippen molar-refractivity contribution in [3.63, 3.8) is 0 Å². The lowest BCUT2D eigenvalue weighted by Crippen LogP contribution is -2.26. The highest BCUT2D eigenvalue weighted by Crippen LogP contribution is 2.19. The van der Waals surface area contributed by atoms with Crippen LogP contribution in [-0.2, 0) is 13.1 Å². The summed E-state index contributed by atoms with van der Waals surface area (Å²) in [5.41, 5.74) is 3.54. The molecule has 2 aromatic rings. The van der Waals surface area contributed by atoms with E-state index in [0.717, 1.165) is 12.1 Å². The third-order valence-corrected chi connectivity index (χ3v) is 4.35. The molecule has 0 spiro atoms. The van der Waals surface area contributed by atoms with Crippen molar-refractivity contribution in [1.29, 1.82) is 0 Å². The van der Waals surface area contributed by atoms with Crippen LogP contribution in [0.1, 0.15) is 29.7 Å². The van der Waals surface area contributed by atoms with Crippen LogP contribution in [0.2, 0.25) is 0 Å². The van der Waals surface area contributed by atoms with Crippen molar-refractivity contribution in [2.75, 3.05) is 27.2 Å². The highest BCUT2D eigenvalue weighted by atomic mass is 19.1. The van der Waals surface area contributed by atoms with Crippen molar-refractivity contribution in [2.24, 2.45) is 0 Å². The Morgan fingerprint density at radius 1 is 1.00 bits per heavy atom. The van der Waals surface area contributed by atoms with Gasteiger partial charge < -0.3 is 10.0 Å². The quantitative estimate of drug-likeness (QED) is 0.803. The third-order valence-electron chi connectivity index (χ3n) is 4.35. The summed E-state index contributed by atoms with van der Waals surface area (Å²) >= 11 is 0. The van der Waals surface area contributed by atoms with E-state index in [1.807, 2.05) is 0 Å². The highest BCUT2D eigenvalue weighted by molar-refractivity contribution is 5.26. The van der Waals surface area contributed by atoms with Gasteiger partial charge in [0.25, 0.3) is 0 Å². The van der Waals surface area contributed by atoms with Crippen LogP contribution in [0.25, 0.3) is 0 Å². The lowest BCUT2D eigenvalue weighted by molar-refractivity contribution is 0.184. The van der Waals surface area contributed by atoms with Gasteiger partial charge in [0.2, 0.25) is 0 Å². The number of benzene rings is 2. The van der Waals surface area contributed by atoms with Gasteiger partial charge in [-0.05, 0) is 49.8 Å². The van der Waals surface area contributed by atoms with E-state index in [9.17, 15) is 9.50 Å². The van der Waals surface area contributed by atoms with E-state index in [-0.39, 0.29) is 12.4 Å². The molecule has 0 aromatic heterocycles. The van der Waals surface area contributed by atoms with Gasteiger partial charge in [-0.3, -0.25) is 4.90 Å². The van der Waals surface area contributed by atoms with Crippen LogP contribution < -0.4 is 0 Å². The van der Waals surface area contributed by atoms with Crippen molar-refractivity contribution in [2.45, 2.75) is 26.1 Å². The minimum atomic E-state index is -0.224. The van der Waals surface area contributed by atoms with Gasteiger partial charge in [-0.2, -0.15) is 0 Å². The monoisotopic (exact) mass is 330 g/mol. The third kappa shape index (κ3) is 5.41. The van der Waals surface area contributed by atoms with E-state index in [2.05, 4.69) is 55.1 Å². The fourth-order valence-electron chi connectivity index (χ4n) is 2.71. The molecule has 0 aliphatic rings. The molecule has 2 rings (SSSR count). The van der Waals surface area contributed by atoms with Gasteiger partial charge in [0.1, 0.15) is 5.82 Å². The number of rotatable bonds is 8. The van der Waals surface area contributed by atoms with Gasteiger partial charge >= 0.3 is 0 Å². The number of aliphatic hydroxyl groups is 1. The van der Waals surface area contributed by atoms with E-state index in [4.69, 9.17) is 0 Å². The second-order valence-corrected chi connectivity index (χ2v) is 6.45. The fourth-order valence-corrected chi connectivity index (χ4v) is 2.71. The molecule has 0 amide bonds. The van der Waals surface area contributed by atoms with Crippen molar-refractivity contribution in [3.05, 3.63) is 71.0 Å². The van der Waals surface area contributed by atoms with Crippen molar-refractivity contribution in [1.82, 2.24) is 9.80 Å². The Hall–Kier alpha value is -1.75. The minimum Gasteiger partial charge on any atom is -0.395 e. The van der Waals surface area contributed by atoms with Gasteiger partial charge in [-0.25, -0.2) is 4.39 Å². The largest absolute Gasteiger partial charge is 0.395 e. The molecular formula is C20H27FN2O. The standard InChI is InChI=1S/C20H27FN2O/c1-16(22(2)3)19-6-4-5-18(13-19)15-23(11-12-24)14-17-7-9-20(21)10-8-17/h4-10,13,16,24H,11-12,14-15H2,1-3H3/t16-/m0/s1. The average Bonchev–Trinajstić information content (AvgIpc) is 2.56. The lowest BCUT2D eigenvalue weighted by atomic mass is 10.0. The summed E-state index contributed by atoms with van der Waals surface area (Å²) in [5, 5.41) is 9.34. The second-order valence-electron chi connectivity index (χ2n) is 6.45. The Balaban J connectivity index is 2.09. The Morgan fingerprint density at radius 3 is 2.29 bits per heavy atom. The first-order chi connectivity index (χ1) is 11.5. The maximum Gasteiger partial charge on any atom is 0.123 e. The molecule has 130 valence electrons. The smallest absolute Gasteiger partial charge is 0.123 e. The molecular weight excluding hydrogens is 303 g/mol. The lowest BCUT2D eigenvalue weighted by Gasteiger charge is -2.24. The molecule has 1 N–H and O–H groups in total. The molecule has 0 saturated carbocycles. The molecule has 1 atom stereocenters. The number of aliphatic hydroxyl groups excluding tert-OH is 1.